The minimum atomic E-state index is -0.380. The average molecular weight is 267 g/mol. The van der Waals surface area contributed by atoms with Crippen LogP contribution in [0.2, 0.25) is 0 Å². The van der Waals surface area contributed by atoms with Gasteiger partial charge in [-0.2, -0.15) is 0 Å². The minimum absolute atomic E-state index is 0.126. The number of aliphatic hydroxyl groups excluding tert-OH is 1. The van der Waals surface area contributed by atoms with E-state index in [-0.39, 0.29) is 18.2 Å². The zero-order chi connectivity index (χ0) is 14.3. The van der Waals surface area contributed by atoms with Gasteiger partial charge in [0.2, 0.25) is 0 Å². The Balaban J connectivity index is 2.18. The molecule has 0 saturated heterocycles. The predicted molar refractivity (Wildman–Crippen MR) is 76.0 cm³/mol. The highest BCUT2D eigenvalue weighted by molar-refractivity contribution is 5.74. The molecule has 108 valence electrons. The summed E-state index contributed by atoms with van der Waals surface area (Å²) in [5, 5.41) is 14.7. The lowest BCUT2D eigenvalue weighted by Gasteiger charge is -2.15. The summed E-state index contributed by atoms with van der Waals surface area (Å²) in [4.78, 5) is 11.6. The number of nitrogens with zero attached hydrogens (tertiary/aromatic N) is 1. The Morgan fingerprint density at radius 2 is 2.16 bits per heavy atom. The lowest BCUT2D eigenvalue weighted by molar-refractivity contribution is 0.183. The molecule has 2 atom stereocenters. The van der Waals surface area contributed by atoms with E-state index in [4.69, 9.17) is 5.11 Å². The molecule has 0 aliphatic heterocycles. The van der Waals surface area contributed by atoms with Crippen LogP contribution >= 0.6 is 0 Å². The molecule has 0 aromatic carbocycles. The lowest BCUT2D eigenvalue weighted by atomic mass is 10.1. The van der Waals surface area contributed by atoms with E-state index >= 15 is 0 Å². The zero-order valence-corrected chi connectivity index (χ0v) is 12.0. The quantitative estimate of drug-likeness (QED) is 0.699. The van der Waals surface area contributed by atoms with Crippen molar-refractivity contribution in [2.75, 3.05) is 6.54 Å². The fourth-order valence-corrected chi connectivity index (χ4v) is 1.86. The summed E-state index contributed by atoms with van der Waals surface area (Å²) >= 11 is 0. The van der Waals surface area contributed by atoms with Crippen molar-refractivity contribution in [2.24, 2.45) is 7.05 Å². The molecule has 0 bridgehead atoms. The summed E-state index contributed by atoms with van der Waals surface area (Å²) in [5.41, 5.74) is 1.27. The van der Waals surface area contributed by atoms with Crippen molar-refractivity contribution in [2.45, 2.75) is 45.3 Å². The maximum absolute atomic E-state index is 11.6. The maximum Gasteiger partial charge on any atom is 0.314 e. The standard InChI is InChI=1S/C14H25N3O2/c1-11(6-7-13-5-4-10-17(13)3)16-14(19)15-9-8-12(2)18/h4-5,10-12,18H,6-9H2,1-3H3,(H2,15,16,19). The Bertz CT molecular complexity index is 388. The molecule has 2 unspecified atom stereocenters. The Morgan fingerprint density at radius 1 is 1.42 bits per heavy atom. The molecule has 0 fully saturated rings. The molecular weight excluding hydrogens is 242 g/mol. The van der Waals surface area contributed by atoms with Gasteiger partial charge in [-0.15, -0.1) is 0 Å². The van der Waals surface area contributed by atoms with Gasteiger partial charge in [0.25, 0.3) is 0 Å². The number of aliphatic hydroxyl groups is 1. The number of nitrogens with one attached hydrogen (secondary N) is 2. The van der Waals surface area contributed by atoms with Gasteiger partial charge in [0.05, 0.1) is 6.10 Å². The summed E-state index contributed by atoms with van der Waals surface area (Å²) < 4.78 is 2.09. The van der Waals surface area contributed by atoms with Gasteiger partial charge in [-0.25, -0.2) is 4.79 Å². The first-order valence-corrected chi connectivity index (χ1v) is 6.81. The van der Waals surface area contributed by atoms with Crippen LogP contribution in [0.5, 0.6) is 0 Å². The van der Waals surface area contributed by atoms with Crippen molar-refractivity contribution < 1.29 is 9.90 Å². The van der Waals surface area contributed by atoms with E-state index < -0.39 is 0 Å². The molecule has 0 spiro atoms. The van der Waals surface area contributed by atoms with Crippen molar-refractivity contribution >= 4 is 6.03 Å². The van der Waals surface area contributed by atoms with Gasteiger partial charge < -0.3 is 20.3 Å². The number of rotatable bonds is 7. The van der Waals surface area contributed by atoms with E-state index in [1.54, 1.807) is 6.92 Å². The highest BCUT2D eigenvalue weighted by Crippen LogP contribution is 2.05. The smallest absolute Gasteiger partial charge is 0.314 e. The monoisotopic (exact) mass is 267 g/mol. The van der Waals surface area contributed by atoms with Gasteiger partial charge in [0, 0.05) is 31.5 Å². The molecule has 5 nitrogen and oxygen atoms in total. The number of hydrogen-bond acceptors (Lipinski definition) is 2. The van der Waals surface area contributed by atoms with Crippen LogP contribution in [0.15, 0.2) is 18.3 Å². The second-order valence-corrected chi connectivity index (χ2v) is 5.09. The molecule has 2 amide bonds. The summed E-state index contributed by atoms with van der Waals surface area (Å²) in [5.74, 6) is 0. The highest BCUT2D eigenvalue weighted by Gasteiger charge is 2.08. The first kappa shape index (κ1) is 15.6. The molecule has 1 rings (SSSR count). The third kappa shape index (κ3) is 6.29. The number of carbonyl (C=O) groups is 1. The molecule has 1 heterocycles. The van der Waals surface area contributed by atoms with E-state index in [1.165, 1.54) is 5.69 Å². The number of hydrogen-bond donors (Lipinski definition) is 3. The molecular formula is C14H25N3O2. The van der Waals surface area contributed by atoms with E-state index in [2.05, 4.69) is 21.3 Å². The molecule has 0 aliphatic rings. The molecule has 5 heteroatoms. The van der Waals surface area contributed by atoms with Crippen molar-refractivity contribution in [3.8, 4) is 0 Å². The number of aromatic nitrogens is 1. The number of carbonyl (C=O) groups excluding carboxylic acids is 1. The molecule has 0 saturated carbocycles. The maximum atomic E-state index is 11.6. The van der Waals surface area contributed by atoms with Crippen molar-refractivity contribution in [3.63, 3.8) is 0 Å². The van der Waals surface area contributed by atoms with Gasteiger partial charge in [0.1, 0.15) is 0 Å². The fraction of sp³-hybridized carbons (Fsp3) is 0.643. The average Bonchev–Trinajstić information content (AvgIpc) is 2.71. The molecule has 0 aliphatic carbocycles. The van der Waals surface area contributed by atoms with Crippen molar-refractivity contribution in [1.82, 2.24) is 15.2 Å². The number of urea groups is 1. The van der Waals surface area contributed by atoms with Crippen LogP contribution in [0.25, 0.3) is 0 Å². The topological polar surface area (TPSA) is 66.3 Å². The Labute approximate surface area is 115 Å². The van der Waals surface area contributed by atoms with Gasteiger partial charge in [-0.3, -0.25) is 0 Å². The van der Waals surface area contributed by atoms with Crippen LogP contribution in [0.3, 0.4) is 0 Å². The molecule has 3 N–H and O–H groups in total. The third-order valence-corrected chi connectivity index (χ3v) is 3.11. The molecule has 1 aromatic rings. The number of aryl methyl sites for hydroxylation is 2. The van der Waals surface area contributed by atoms with Gasteiger partial charge in [-0.1, -0.05) is 0 Å². The van der Waals surface area contributed by atoms with Crippen molar-refractivity contribution in [3.05, 3.63) is 24.0 Å². The fourth-order valence-electron chi connectivity index (χ4n) is 1.86. The van der Waals surface area contributed by atoms with Crippen LogP contribution < -0.4 is 10.6 Å². The second-order valence-electron chi connectivity index (χ2n) is 5.09. The third-order valence-electron chi connectivity index (χ3n) is 3.11. The van der Waals surface area contributed by atoms with Crippen LogP contribution in [-0.4, -0.2) is 34.4 Å². The predicted octanol–water partition coefficient (Wildman–Crippen LogP) is 1.42. The largest absolute Gasteiger partial charge is 0.393 e. The summed E-state index contributed by atoms with van der Waals surface area (Å²) in [6, 6.07) is 4.08. The van der Waals surface area contributed by atoms with Crippen LogP contribution in [0.1, 0.15) is 32.4 Å². The Morgan fingerprint density at radius 3 is 2.74 bits per heavy atom. The normalized spacial score (nSPS) is 13.9. The Hall–Kier alpha value is -1.49. The summed E-state index contributed by atoms with van der Waals surface area (Å²) in [6.07, 6.45) is 4.07. The van der Waals surface area contributed by atoms with Gasteiger partial charge in [0.15, 0.2) is 0 Å². The first-order chi connectivity index (χ1) is 8.99. The van der Waals surface area contributed by atoms with E-state index in [0.717, 1.165) is 12.8 Å². The lowest BCUT2D eigenvalue weighted by Crippen LogP contribution is -2.41. The minimum Gasteiger partial charge on any atom is -0.393 e. The van der Waals surface area contributed by atoms with Gasteiger partial charge >= 0.3 is 6.03 Å². The summed E-state index contributed by atoms with van der Waals surface area (Å²) in [6.45, 7) is 4.20. The van der Waals surface area contributed by atoms with Crippen LogP contribution in [-0.2, 0) is 13.5 Å². The SMILES string of the molecule is CC(O)CCNC(=O)NC(C)CCc1cccn1C. The van der Waals surface area contributed by atoms with E-state index in [9.17, 15) is 4.79 Å². The number of amides is 2. The first-order valence-electron chi connectivity index (χ1n) is 6.81. The van der Waals surface area contributed by atoms with Gasteiger partial charge in [-0.05, 0) is 45.2 Å². The van der Waals surface area contributed by atoms with Crippen LogP contribution in [0.4, 0.5) is 4.79 Å². The van der Waals surface area contributed by atoms with E-state index in [1.807, 2.05) is 26.2 Å². The second kappa shape index (κ2) is 7.84. The zero-order valence-electron chi connectivity index (χ0n) is 12.0. The van der Waals surface area contributed by atoms with Crippen molar-refractivity contribution in [1.29, 1.82) is 0 Å². The summed E-state index contributed by atoms with van der Waals surface area (Å²) in [7, 11) is 2.02. The Kier molecular flexibility index (Phi) is 6.42. The van der Waals surface area contributed by atoms with Crippen LogP contribution in [0, 0.1) is 0 Å². The highest BCUT2D eigenvalue weighted by atomic mass is 16.3. The molecule has 0 radical (unpaired) electrons. The van der Waals surface area contributed by atoms with E-state index in [0.29, 0.717) is 13.0 Å². The molecule has 1 aromatic heterocycles. The molecule has 19 heavy (non-hydrogen) atoms.